The van der Waals surface area contributed by atoms with Crippen molar-refractivity contribution in [3.8, 4) is 0 Å². The third kappa shape index (κ3) is 1.38. The van der Waals surface area contributed by atoms with E-state index in [9.17, 15) is 9.59 Å². The molecule has 0 amide bonds. The van der Waals surface area contributed by atoms with Gasteiger partial charge in [-0.3, -0.25) is 4.79 Å². The number of hydrogen-bond donors (Lipinski definition) is 1. The molecule has 16 heavy (non-hydrogen) atoms. The molecule has 4 heteroatoms. The van der Waals surface area contributed by atoms with Crippen LogP contribution in [-0.2, 0) is 14.3 Å². The first-order valence-electron chi connectivity index (χ1n) is 5.08. The highest BCUT2D eigenvalue weighted by Gasteiger charge is 2.51. The molecule has 0 aromatic rings. The summed E-state index contributed by atoms with van der Waals surface area (Å²) in [6, 6.07) is 0. The molecular formula is C12H12O4. The summed E-state index contributed by atoms with van der Waals surface area (Å²) in [6.45, 7) is 1.56. The lowest BCUT2D eigenvalue weighted by atomic mass is 9.85. The van der Waals surface area contributed by atoms with Crippen LogP contribution in [0, 0.1) is 0 Å². The summed E-state index contributed by atoms with van der Waals surface area (Å²) in [7, 11) is 0. The van der Waals surface area contributed by atoms with Gasteiger partial charge in [-0.25, -0.2) is 4.79 Å². The van der Waals surface area contributed by atoms with Crippen molar-refractivity contribution in [1.29, 1.82) is 0 Å². The minimum atomic E-state index is -1.24. The van der Waals surface area contributed by atoms with Crippen LogP contribution in [0.5, 0.6) is 0 Å². The minimum absolute atomic E-state index is 0.280. The molecule has 1 aliphatic carbocycles. The van der Waals surface area contributed by atoms with Crippen LogP contribution in [-0.4, -0.2) is 22.5 Å². The standard InChI is InChI=1S/C12H12O4/c1-12(8-5-3-2-4-6-8)10(14)9(7-13)11(15)16-12/h2-3,5,7,13H,4,6H2,1H3/b9-7+. The molecule has 1 aliphatic heterocycles. The van der Waals surface area contributed by atoms with E-state index in [1.807, 2.05) is 12.2 Å². The Morgan fingerprint density at radius 2 is 2.25 bits per heavy atom. The molecule has 1 heterocycles. The van der Waals surface area contributed by atoms with Gasteiger partial charge in [0, 0.05) is 0 Å². The molecule has 2 aliphatic rings. The van der Waals surface area contributed by atoms with E-state index in [0.717, 1.165) is 12.0 Å². The van der Waals surface area contributed by atoms with Gasteiger partial charge in [-0.1, -0.05) is 18.2 Å². The number of rotatable bonds is 1. The Balaban J connectivity index is 2.41. The maximum Gasteiger partial charge on any atom is 0.346 e. The average Bonchev–Trinajstić information content (AvgIpc) is 2.52. The molecule has 84 valence electrons. The minimum Gasteiger partial charge on any atom is -0.515 e. The maximum atomic E-state index is 11.9. The van der Waals surface area contributed by atoms with E-state index in [4.69, 9.17) is 9.84 Å². The molecule has 0 bridgehead atoms. The smallest absolute Gasteiger partial charge is 0.346 e. The van der Waals surface area contributed by atoms with E-state index in [0.29, 0.717) is 12.7 Å². The molecule has 0 radical (unpaired) electrons. The number of ether oxygens (including phenoxy) is 1. The van der Waals surface area contributed by atoms with Crippen LogP contribution in [0.1, 0.15) is 19.8 Å². The summed E-state index contributed by atoms with van der Waals surface area (Å²) >= 11 is 0. The molecule has 0 aromatic carbocycles. The van der Waals surface area contributed by atoms with Gasteiger partial charge in [-0.15, -0.1) is 0 Å². The number of aliphatic hydroxyl groups excluding tert-OH is 1. The number of carbonyl (C=O) groups excluding carboxylic acids is 2. The zero-order chi connectivity index (χ0) is 11.8. The van der Waals surface area contributed by atoms with Gasteiger partial charge in [0.15, 0.2) is 5.60 Å². The lowest BCUT2D eigenvalue weighted by Crippen LogP contribution is -2.35. The van der Waals surface area contributed by atoms with Crippen LogP contribution in [0.25, 0.3) is 0 Å². The fourth-order valence-electron chi connectivity index (χ4n) is 1.96. The van der Waals surface area contributed by atoms with Gasteiger partial charge in [-0.2, -0.15) is 0 Å². The van der Waals surface area contributed by atoms with Crippen molar-refractivity contribution in [1.82, 2.24) is 0 Å². The Hall–Kier alpha value is -1.84. The van der Waals surface area contributed by atoms with Crippen LogP contribution in [0.2, 0.25) is 0 Å². The Labute approximate surface area is 92.9 Å². The summed E-state index contributed by atoms with van der Waals surface area (Å²) in [6.07, 6.45) is 7.64. The molecule has 1 N–H and O–H groups in total. The number of hydrogen-bond acceptors (Lipinski definition) is 4. The van der Waals surface area contributed by atoms with Crippen molar-refractivity contribution >= 4 is 11.8 Å². The maximum absolute atomic E-state index is 11.9. The highest BCUT2D eigenvalue weighted by atomic mass is 16.6. The first-order valence-corrected chi connectivity index (χ1v) is 5.08. The fourth-order valence-corrected chi connectivity index (χ4v) is 1.96. The van der Waals surface area contributed by atoms with E-state index < -0.39 is 17.4 Å². The first kappa shape index (κ1) is 10.7. The molecule has 1 unspecified atom stereocenters. The Morgan fingerprint density at radius 1 is 1.50 bits per heavy atom. The van der Waals surface area contributed by atoms with Crippen LogP contribution in [0.3, 0.4) is 0 Å². The molecule has 1 atom stereocenters. The second kappa shape index (κ2) is 3.63. The average molecular weight is 220 g/mol. The summed E-state index contributed by atoms with van der Waals surface area (Å²) in [4.78, 5) is 23.3. The predicted molar refractivity (Wildman–Crippen MR) is 56.7 cm³/mol. The molecule has 0 saturated carbocycles. The van der Waals surface area contributed by atoms with Crippen molar-refractivity contribution in [3.05, 3.63) is 35.6 Å². The van der Waals surface area contributed by atoms with Gasteiger partial charge in [0.2, 0.25) is 5.78 Å². The second-order valence-electron chi connectivity index (χ2n) is 3.95. The van der Waals surface area contributed by atoms with Crippen molar-refractivity contribution in [3.63, 3.8) is 0 Å². The second-order valence-corrected chi connectivity index (χ2v) is 3.95. The number of allylic oxidation sites excluding steroid dienone is 3. The van der Waals surface area contributed by atoms with Crippen molar-refractivity contribution in [2.75, 3.05) is 0 Å². The van der Waals surface area contributed by atoms with E-state index >= 15 is 0 Å². The van der Waals surface area contributed by atoms with Gasteiger partial charge in [0.1, 0.15) is 5.57 Å². The lowest BCUT2D eigenvalue weighted by Gasteiger charge is -2.24. The molecular weight excluding hydrogens is 208 g/mol. The van der Waals surface area contributed by atoms with Gasteiger partial charge in [0.25, 0.3) is 0 Å². The monoisotopic (exact) mass is 220 g/mol. The summed E-state index contributed by atoms with van der Waals surface area (Å²) in [5.74, 6) is -1.23. The zero-order valence-electron chi connectivity index (χ0n) is 8.90. The van der Waals surface area contributed by atoms with Gasteiger partial charge in [-0.05, 0) is 25.3 Å². The van der Waals surface area contributed by atoms with Gasteiger partial charge in [0.05, 0.1) is 6.26 Å². The quantitative estimate of drug-likeness (QED) is 0.315. The predicted octanol–water partition coefficient (Wildman–Crippen LogP) is 1.59. The van der Waals surface area contributed by atoms with Crippen molar-refractivity contribution < 1.29 is 19.4 Å². The Kier molecular flexibility index (Phi) is 2.42. The van der Waals surface area contributed by atoms with Gasteiger partial charge >= 0.3 is 5.97 Å². The fraction of sp³-hybridized carbons (Fsp3) is 0.333. The molecule has 1 saturated heterocycles. The number of Topliss-reactive ketones (excluding diaryl/α,β-unsaturated/α-hetero) is 1. The third-order valence-corrected chi connectivity index (χ3v) is 2.95. The Bertz CT molecular complexity index is 442. The molecule has 2 rings (SSSR count). The number of carbonyl (C=O) groups is 2. The SMILES string of the molecule is CC1(C2=CC=CCC2)OC(=O)/C(=C/O)C1=O. The van der Waals surface area contributed by atoms with E-state index in [1.165, 1.54) is 0 Å². The third-order valence-electron chi connectivity index (χ3n) is 2.95. The zero-order valence-corrected chi connectivity index (χ0v) is 8.90. The number of aliphatic hydroxyl groups is 1. The van der Waals surface area contributed by atoms with Gasteiger partial charge < -0.3 is 9.84 Å². The van der Waals surface area contributed by atoms with Crippen molar-refractivity contribution in [2.45, 2.75) is 25.4 Å². The lowest BCUT2D eigenvalue weighted by molar-refractivity contribution is -0.146. The number of ketones is 1. The van der Waals surface area contributed by atoms with Crippen LogP contribution in [0.4, 0.5) is 0 Å². The summed E-state index contributed by atoms with van der Waals surface area (Å²) in [5, 5.41) is 8.82. The van der Waals surface area contributed by atoms with E-state index in [-0.39, 0.29) is 5.57 Å². The molecule has 1 fully saturated rings. The number of cyclic esters (lactones) is 1. The highest BCUT2D eigenvalue weighted by molar-refractivity contribution is 6.26. The van der Waals surface area contributed by atoms with Crippen LogP contribution in [0.15, 0.2) is 35.6 Å². The van der Waals surface area contributed by atoms with E-state index in [2.05, 4.69) is 0 Å². The van der Waals surface area contributed by atoms with Crippen LogP contribution >= 0.6 is 0 Å². The largest absolute Gasteiger partial charge is 0.515 e. The number of esters is 1. The topological polar surface area (TPSA) is 63.6 Å². The van der Waals surface area contributed by atoms with Crippen LogP contribution < -0.4 is 0 Å². The molecule has 0 aromatic heterocycles. The molecule has 0 spiro atoms. The first-order chi connectivity index (χ1) is 7.59. The summed E-state index contributed by atoms with van der Waals surface area (Å²) in [5.41, 5.74) is -0.751. The highest BCUT2D eigenvalue weighted by Crippen LogP contribution is 2.36. The Morgan fingerprint density at radius 3 is 2.75 bits per heavy atom. The van der Waals surface area contributed by atoms with Crippen molar-refractivity contribution in [2.24, 2.45) is 0 Å². The summed E-state index contributed by atoms with van der Waals surface area (Å²) < 4.78 is 5.09. The normalized spacial score (nSPS) is 31.8. The molecule has 4 nitrogen and oxygen atoms in total. The van der Waals surface area contributed by atoms with E-state index in [1.54, 1.807) is 13.0 Å².